The number of carbonyl (C=O) groups is 1. The Hall–Kier alpha value is -3.06. The number of imidazole rings is 1. The maximum Gasteiger partial charge on any atom is 0.274 e. The van der Waals surface area contributed by atoms with Crippen LogP contribution in [0.5, 0.6) is 0 Å². The Morgan fingerprint density at radius 1 is 1.20 bits per heavy atom. The number of hydrogen-bond acceptors (Lipinski definition) is 4. The summed E-state index contributed by atoms with van der Waals surface area (Å²) in [5, 5.41) is 0.825. The van der Waals surface area contributed by atoms with E-state index in [1.807, 2.05) is 36.1 Å². The molecule has 0 saturated carbocycles. The van der Waals surface area contributed by atoms with Crippen LogP contribution < -0.4 is 0 Å². The Balaban J connectivity index is 1.42. The average molecular weight is 421 g/mol. The zero-order valence-corrected chi connectivity index (χ0v) is 17.4. The molecule has 2 aromatic heterocycles. The lowest BCUT2D eigenvalue weighted by molar-refractivity contribution is 0.0731. The minimum Gasteiger partial charge on any atom is -0.342 e. The van der Waals surface area contributed by atoms with E-state index in [1.54, 1.807) is 12.1 Å². The SMILES string of the molecule is Cc1nc(C(=O)N2CCC[C@H]2Cc2nc3ccccc3[nH]2)c(-c2ccc(F)cc2)s1. The van der Waals surface area contributed by atoms with Gasteiger partial charge in [-0.15, -0.1) is 11.3 Å². The number of para-hydroxylation sites is 2. The number of thiazole rings is 1. The molecule has 1 aliphatic heterocycles. The average Bonchev–Trinajstić information content (AvgIpc) is 3.46. The minimum atomic E-state index is -0.293. The van der Waals surface area contributed by atoms with E-state index in [-0.39, 0.29) is 17.8 Å². The first-order valence-corrected chi connectivity index (χ1v) is 10.9. The Morgan fingerprint density at radius 2 is 2.00 bits per heavy atom. The Bertz CT molecular complexity index is 1180. The molecule has 0 radical (unpaired) electrons. The Morgan fingerprint density at radius 3 is 2.80 bits per heavy atom. The third-order valence-corrected chi connectivity index (χ3v) is 6.57. The first-order chi connectivity index (χ1) is 14.6. The molecule has 1 N–H and O–H groups in total. The van der Waals surface area contributed by atoms with E-state index in [4.69, 9.17) is 0 Å². The summed E-state index contributed by atoms with van der Waals surface area (Å²) in [6.45, 7) is 2.60. The molecule has 1 amide bonds. The van der Waals surface area contributed by atoms with Crippen LogP contribution in [0.15, 0.2) is 48.5 Å². The number of H-pyrrole nitrogens is 1. The predicted octanol–water partition coefficient (Wildman–Crippen LogP) is 4.98. The standard InChI is InChI=1S/C23H21FN4OS/c1-14-25-21(22(30-14)15-8-10-16(24)11-9-15)23(29)28-12-4-5-17(28)13-20-26-18-6-2-3-7-19(18)27-20/h2-3,6-11,17H,4-5,12-13H2,1H3,(H,26,27)/t17-/m0/s1. The molecule has 5 rings (SSSR count). The van der Waals surface area contributed by atoms with Gasteiger partial charge < -0.3 is 9.88 Å². The number of aryl methyl sites for hydroxylation is 1. The number of carbonyl (C=O) groups excluding carboxylic acids is 1. The van der Waals surface area contributed by atoms with Gasteiger partial charge in [-0.1, -0.05) is 24.3 Å². The number of halogens is 1. The summed E-state index contributed by atoms with van der Waals surface area (Å²) in [5.74, 6) is 0.546. The van der Waals surface area contributed by atoms with E-state index >= 15 is 0 Å². The fourth-order valence-electron chi connectivity index (χ4n) is 4.15. The van der Waals surface area contributed by atoms with Crippen LogP contribution in [0.3, 0.4) is 0 Å². The maximum atomic E-state index is 13.5. The van der Waals surface area contributed by atoms with Crippen molar-refractivity contribution in [2.75, 3.05) is 6.54 Å². The Kier molecular flexibility index (Phi) is 4.83. The number of benzene rings is 2. The number of nitrogens with zero attached hydrogens (tertiary/aromatic N) is 3. The monoisotopic (exact) mass is 420 g/mol. The smallest absolute Gasteiger partial charge is 0.274 e. The number of likely N-dealkylation sites (tertiary alicyclic amines) is 1. The van der Waals surface area contributed by atoms with E-state index in [9.17, 15) is 9.18 Å². The summed E-state index contributed by atoms with van der Waals surface area (Å²) in [6, 6.07) is 14.3. The second-order valence-corrected chi connectivity index (χ2v) is 8.82. The third-order valence-electron chi connectivity index (χ3n) is 5.55. The number of hydrogen-bond donors (Lipinski definition) is 1. The number of amides is 1. The highest BCUT2D eigenvalue weighted by Crippen LogP contribution is 2.33. The fourth-order valence-corrected chi connectivity index (χ4v) is 5.06. The van der Waals surface area contributed by atoms with E-state index in [1.165, 1.54) is 23.5 Å². The number of aromatic nitrogens is 3. The van der Waals surface area contributed by atoms with Crippen LogP contribution in [0, 0.1) is 12.7 Å². The molecule has 1 fully saturated rings. The van der Waals surface area contributed by atoms with Gasteiger partial charge in [0, 0.05) is 19.0 Å². The van der Waals surface area contributed by atoms with Gasteiger partial charge in [0.25, 0.3) is 5.91 Å². The van der Waals surface area contributed by atoms with Crippen molar-refractivity contribution in [3.05, 3.63) is 70.9 Å². The normalized spacial score (nSPS) is 16.5. The van der Waals surface area contributed by atoms with Crippen LogP contribution in [-0.2, 0) is 6.42 Å². The Labute approximate surface area is 177 Å². The van der Waals surface area contributed by atoms with Crippen molar-refractivity contribution in [3.8, 4) is 10.4 Å². The molecule has 0 spiro atoms. The van der Waals surface area contributed by atoms with Crippen molar-refractivity contribution < 1.29 is 9.18 Å². The molecule has 1 atom stereocenters. The highest BCUT2D eigenvalue weighted by Gasteiger charge is 2.33. The predicted molar refractivity (Wildman–Crippen MR) is 116 cm³/mol. The van der Waals surface area contributed by atoms with Gasteiger partial charge in [0.1, 0.15) is 17.3 Å². The molecule has 0 bridgehead atoms. The van der Waals surface area contributed by atoms with Crippen LogP contribution in [-0.4, -0.2) is 38.3 Å². The van der Waals surface area contributed by atoms with Gasteiger partial charge in [0.05, 0.1) is 20.9 Å². The summed E-state index contributed by atoms with van der Waals surface area (Å²) in [4.78, 5) is 28.8. The molecule has 1 saturated heterocycles. The lowest BCUT2D eigenvalue weighted by atomic mass is 10.1. The topological polar surface area (TPSA) is 61.9 Å². The van der Waals surface area contributed by atoms with Crippen LogP contribution in [0.1, 0.15) is 34.2 Å². The zero-order chi connectivity index (χ0) is 20.7. The van der Waals surface area contributed by atoms with Crippen molar-refractivity contribution in [3.63, 3.8) is 0 Å². The van der Waals surface area contributed by atoms with Crippen LogP contribution >= 0.6 is 11.3 Å². The number of fused-ring (bicyclic) bond motifs is 1. The molecule has 0 unspecified atom stereocenters. The first-order valence-electron chi connectivity index (χ1n) is 10.1. The van der Waals surface area contributed by atoms with Gasteiger partial charge in [0.15, 0.2) is 0 Å². The van der Waals surface area contributed by atoms with Crippen molar-refractivity contribution in [2.45, 2.75) is 32.2 Å². The molecule has 5 nitrogen and oxygen atoms in total. The number of nitrogens with one attached hydrogen (secondary N) is 1. The van der Waals surface area contributed by atoms with Crippen molar-refractivity contribution in [1.29, 1.82) is 0 Å². The van der Waals surface area contributed by atoms with E-state index in [0.29, 0.717) is 18.7 Å². The van der Waals surface area contributed by atoms with Gasteiger partial charge in [-0.05, 0) is 49.6 Å². The molecule has 30 heavy (non-hydrogen) atoms. The first kappa shape index (κ1) is 18.9. The van der Waals surface area contributed by atoms with Gasteiger partial charge >= 0.3 is 0 Å². The largest absolute Gasteiger partial charge is 0.342 e. The van der Waals surface area contributed by atoms with Gasteiger partial charge in [-0.2, -0.15) is 0 Å². The summed E-state index contributed by atoms with van der Waals surface area (Å²) in [6.07, 6.45) is 2.60. The molecule has 152 valence electrons. The lowest BCUT2D eigenvalue weighted by Gasteiger charge is -2.23. The molecule has 4 aromatic rings. The van der Waals surface area contributed by atoms with E-state index < -0.39 is 0 Å². The zero-order valence-electron chi connectivity index (χ0n) is 16.6. The number of aromatic amines is 1. The molecule has 3 heterocycles. The maximum absolute atomic E-state index is 13.5. The highest BCUT2D eigenvalue weighted by atomic mass is 32.1. The van der Waals surface area contributed by atoms with Crippen LogP contribution in [0.4, 0.5) is 4.39 Å². The summed E-state index contributed by atoms with van der Waals surface area (Å²) in [7, 11) is 0. The summed E-state index contributed by atoms with van der Waals surface area (Å²) < 4.78 is 13.4. The molecule has 0 aliphatic carbocycles. The number of rotatable bonds is 4. The molecule has 7 heteroatoms. The van der Waals surface area contributed by atoms with Gasteiger partial charge in [0.2, 0.25) is 0 Å². The molecular weight excluding hydrogens is 399 g/mol. The lowest BCUT2D eigenvalue weighted by Crippen LogP contribution is -2.37. The van der Waals surface area contributed by atoms with Gasteiger partial charge in [-0.25, -0.2) is 14.4 Å². The van der Waals surface area contributed by atoms with Crippen molar-refractivity contribution in [2.24, 2.45) is 0 Å². The van der Waals surface area contributed by atoms with Crippen molar-refractivity contribution >= 4 is 28.3 Å². The minimum absolute atomic E-state index is 0.0581. The third kappa shape index (κ3) is 3.50. The van der Waals surface area contributed by atoms with Gasteiger partial charge in [-0.3, -0.25) is 4.79 Å². The van der Waals surface area contributed by atoms with E-state index in [0.717, 1.165) is 45.1 Å². The highest BCUT2D eigenvalue weighted by molar-refractivity contribution is 7.15. The van der Waals surface area contributed by atoms with Crippen LogP contribution in [0.2, 0.25) is 0 Å². The molecular formula is C23H21FN4OS. The molecule has 2 aromatic carbocycles. The van der Waals surface area contributed by atoms with E-state index in [2.05, 4.69) is 15.0 Å². The second kappa shape index (κ2) is 7.65. The molecule has 1 aliphatic rings. The van der Waals surface area contributed by atoms with Crippen molar-refractivity contribution in [1.82, 2.24) is 19.9 Å². The quantitative estimate of drug-likeness (QED) is 0.506. The van der Waals surface area contributed by atoms with Crippen LogP contribution in [0.25, 0.3) is 21.5 Å². The fraction of sp³-hybridized carbons (Fsp3) is 0.261. The second-order valence-electron chi connectivity index (χ2n) is 7.62. The summed E-state index contributed by atoms with van der Waals surface area (Å²) >= 11 is 1.47. The summed E-state index contributed by atoms with van der Waals surface area (Å²) in [5.41, 5.74) is 3.23.